The van der Waals surface area contributed by atoms with Gasteiger partial charge < -0.3 is 9.88 Å². The fourth-order valence-corrected chi connectivity index (χ4v) is 2.44. The highest BCUT2D eigenvalue weighted by atomic mass is 19.1. The summed E-state index contributed by atoms with van der Waals surface area (Å²) in [5, 5.41) is 2.06. The van der Waals surface area contributed by atoms with Crippen molar-refractivity contribution in [2.24, 2.45) is 0 Å². The fourth-order valence-electron chi connectivity index (χ4n) is 2.44. The quantitative estimate of drug-likeness (QED) is 0.775. The summed E-state index contributed by atoms with van der Waals surface area (Å²) in [6.45, 7) is -0.0827. The van der Waals surface area contributed by atoms with Crippen LogP contribution in [0.15, 0.2) is 65.6 Å². The molecule has 26 heavy (non-hydrogen) atoms. The van der Waals surface area contributed by atoms with Crippen molar-refractivity contribution < 1.29 is 18.0 Å². The van der Waals surface area contributed by atoms with E-state index in [2.05, 4.69) is 5.32 Å². The first kappa shape index (κ1) is 17.5. The van der Waals surface area contributed by atoms with Gasteiger partial charge in [-0.05, 0) is 30.3 Å². The lowest BCUT2D eigenvalue weighted by molar-refractivity contribution is 0.102. The number of amides is 1. The zero-order chi connectivity index (χ0) is 18.7. The minimum absolute atomic E-state index is 0.0827. The van der Waals surface area contributed by atoms with Crippen LogP contribution in [0.25, 0.3) is 0 Å². The third-order valence-corrected chi connectivity index (χ3v) is 3.76. The monoisotopic (exact) mass is 358 g/mol. The number of hydrogen-bond donors (Lipinski definition) is 1. The van der Waals surface area contributed by atoms with Crippen molar-refractivity contribution >= 4 is 11.6 Å². The van der Waals surface area contributed by atoms with E-state index in [0.717, 1.165) is 22.8 Å². The van der Waals surface area contributed by atoms with Gasteiger partial charge in [-0.3, -0.25) is 9.59 Å². The maximum Gasteiger partial charge on any atom is 0.263 e. The molecule has 1 amide bonds. The zero-order valence-corrected chi connectivity index (χ0v) is 13.4. The van der Waals surface area contributed by atoms with Gasteiger partial charge in [-0.1, -0.05) is 24.3 Å². The molecule has 3 aromatic rings. The van der Waals surface area contributed by atoms with Gasteiger partial charge in [0.2, 0.25) is 0 Å². The predicted octanol–water partition coefficient (Wildman–Crippen LogP) is 3.57. The third-order valence-electron chi connectivity index (χ3n) is 3.76. The lowest BCUT2D eigenvalue weighted by atomic mass is 10.2. The Hall–Kier alpha value is -3.35. The Balaban J connectivity index is 1.91. The van der Waals surface area contributed by atoms with Gasteiger partial charge in [-0.15, -0.1) is 0 Å². The van der Waals surface area contributed by atoms with Crippen LogP contribution in [-0.2, 0) is 6.54 Å². The molecule has 3 rings (SSSR count). The molecule has 0 atom stereocenters. The van der Waals surface area contributed by atoms with Crippen LogP contribution in [0.5, 0.6) is 0 Å². The van der Waals surface area contributed by atoms with Crippen molar-refractivity contribution in [3.63, 3.8) is 0 Å². The van der Waals surface area contributed by atoms with Gasteiger partial charge in [-0.2, -0.15) is 0 Å². The summed E-state index contributed by atoms with van der Waals surface area (Å²) in [6, 6.07) is 11.7. The van der Waals surface area contributed by atoms with Crippen LogP contribution in [0, 0.1) is 17.5 Å². The molecule has 1 heterocycles. The van der Waals surface area contributed by atoms with Crippen LogP contribution < -0.4 is 10.9 Å². The average molecular weight is 358 g/mol. The van der Waals surface area contributed by atoms with E-state index >= 15 is 0 Å². The lowest BCUT2D eigenvalue weighted by Gasteiger charge is -2.10. The lowest BCUT2D eigenvalue weighted by Crippen LogP contribution is -2.29. The zero-order valence-electron chi connectivity index (χ0n) is 13.4. The molecule has 7 heteroatoms. The highest BCUT2D eigenvalue weighted by Gasteiger charge is 2.17. The molecule has 0 bridgehead atoms. The van der Waals surface area contributed by atoms with Gasteiger partial charge in [0.1, 0.15) is 28.7 Å². The summed E-state index contributed by atoms with van der Waals surface area (Å²) < 4.78 is 42.2. The normalized spacial score (nSPS) is 10.6. The maximum atomic E-state index is 13.8. The topological polar surface area (TPSA) is 51.1 Å². The Labute approximate surface area is 146 Å². The summed E-state index contributed by atoms with van der Waals surface area (Å²) in [5.74, 6) is -3.36. The minimum atomic E-state index is -0.957. The van der Waals surface area contributed by atoms with Crippen molar-refractivity contribution in [2.75, 3.05) is 5.32 Å². The van der Waals surface area contributed by atoms with E-state index in [-0.39, 0.29) is 17.7 Å². The van der Waals surface area contributed by atoms with Crippen molar-refractivity contribution in [2.45, 2.75) is 6.54 Å². The molecule has 132 valence electrons. The molecular formula is C19H13F3N2O2. The molecule has 0 aliphatic heterocycles. The Kier molecular flexibility index (Phi) is 4.88. The van der Waals surface area contributed by atoms with Crippen molar-refractivity contribution in [3.8, 4) is 0 Å². The number of para-hydroxylation sites is 1. The number of carbonyl (C=O) groups is 1. The first-order valence-corrected chi connectivity index (χ1v) is 7.65. The number of halogens is 3. The van der Waals surface area contributed by atoms with E-state index in [0.29, 0.717) is 0 Å². The van der Waals surface area contributed by atoms with Gasteiger partial charge in [0, 0.05) is 11.8 Å². The van der Waals surface area contributed by atoms with Gasteiger partial charge >= 0.3 is 0 Å². The van der Waals surface area contributed by atoms with Crippen molar-refractivity contribution in [1.29, 1.82) is 0 Å². The van der Waals surface area contributed by atoms with Gasteiger partial charge in [-0.25, -0.2) is 13.2 Å². The highest BCUT2D eigenvalue weighted by molar-refractivity contribution is 6.04. The molecule has 0 saturated heterocycles. The van der Waals surface area contributed by atoms with Crippen molar-refractivity contribution in [3.05, 3.63) is 99.7 Å². The number of benzene rings is 2. The summed E-state index contributed by atoms with van der Waals surface area (Å²) >= 11 is 0. The molecule has 4 nitrogen and oxygen atoms in total. The molecular weight excluding hydrogens is 345 g/mol. The Morgan fingerprint density at radius 3 is 2.23 bits per heavy atom. The first-order chi connectivity index (χ1) is 12.5. The number of nitrogens with one attached hydrogen (secondary N) is 1. The first-order valence-electron chi connectivity index (χ1n) is 7.65. The minimum Gasteiger partial charge on any atom is -0.317 e. The van der Waals surface area contributed by atoms with E-state index in [1.54, 1.807) is 6.07 Å². The van der Waals surface area contributed by atoms with Gasteiger partial charge in [0.15, 0.2) is 0 Å². The van der Waals surface area contributed by atoms with Crippen LogP contribution in [0.1, 0.15) is 15.9 Å². The van der Waals surface area contributed by atoms with E-state index in [4.69, 9.17) is 0 Å². The van der Waals surface area contributed by atoms with Crippen LogP contribution in [0.2, 0.25) is 0 Å². The van der Waals surface area contributed by atoms with Crippen LogP contribution >= 0.6 is 0 Å². The molecule has 0 radical (unpaired) electrons. The third kappa shape index (κ3) is 3.51. The standard InChI is InChI=1S/C19H13F3N2O2/c20-14-7-2-1-5-12(14)11-24-10-4-6-13(19(24)26)18(25)23-17-15(21)8-3-9-16(17)22/h1-10H,11H2,(H,23,25). The SMILES string of the molecule is O=C(Nc1c(F)cccc1F)c1cccn(Cc2ccccc2F)c1=O. The number of nitrogens with zero attached hydrogens (tertiary/aromatic N) is 1. The maximum absolute atomic E-state index is 13.8. The van der Waals surface area contributed by atoms with Crippen LogP contribution in [-0.4, -0.2) is 10.5 Å². The molecule has 0 saturated carbocycles. The van der Waals surface area contributed by atoms with E-state index < -0.39 is 34.6 Å². The van der Waals surface area contributed by atoms with Crippen LogP contribution in [0.4, 0.5) is 18.9 Å². The van der Waals surface area contributed by atoms with E-state index in [9.17, 15) is 22.8 Å². The highest BCUT2D eigenvalue weighted by Crippen LogP contribution is 2.18. The van der Waals surface area contributed by atoms with Crippen molar-refractivity contribution in [1.82, 2.24) is 4.57 Å². The molecule has 1 aromatic heterocycles. The second-order valence-electron chi connectivity index (χ2n) is 5.50. The van der Waals surface area contributed by atoms with Crippen LogP contribution in [0.3, 0.4) is 0 Å². The molecule has 0 unspecified atom stereocenters. The molecule has 0 aliphatic rings. The molecule has 2 aromatic carbocycles. The Morgan fingerprint density at radius 2 is 1.54 bits per heavy atom. The van der Waals surface area contributed by atoms with E-state index in [1.807, 2.05) is 0 Å². The Bertz CT molecular complexity index is 1010. The second-order valence-corrected chi connectivity index (χ2v) is 5.50. The molecule has 0 fully saturated rings. The Morgan fingerprint density at radius 1 is 0.885 bits per heavy atom. The van der Waals surface area contributed by atoms with E-state index in [1.165, 1.54) is 36.5 Å². The number of hydrogen-bond acceptors (Lipinski definition) is 2. The summed E-state index contributed by atoms with van der Waals surface area (Å²) in [4.78, 5) is 24.8. The number of pyridine rings is 1. The predicted molar refractivity (Wildman–Crippen MR) is 90.5 cm³/mol. The number of aromatic nitrogens is 1. The summed E-state index contributed by atoms with van der Waals surface area (Å²) in [6.07, 6.45) is 1.40. The average Bonchev–Trinajstić information content (AvgIpc) is 2.62. The fraction of sp³-hybridized carbons (Fsp3) is 0.0526. The molecule has 1 N–H and O–H groups in total. The summed E-state index contributed by atoms with van der Waals surface area (Å²) in [5.41, 5.74) is -1.38. The smallest absolute Gasteiger partial charge is 0.263 e. The second kappa shape index (κ2) is 7.26. The molecule has 0 spiro atoms. The number of carbonyl (C=O) groups excluding carboxylic acids is 1. The number of anilines is 1. The van der Waals surface area contributed by atoms with Gasteiger partial charge in [0.05, 0.1) is 6.54 Å². The largest absolute Gasteiger partial charge is 0.317 e. The molecule has 0 aliphatic carbocycles. The van der Waals surface area contributed by atoms with Gasteiger partial charge in [0.25, 0.3) is 11.5 Å². The number of rotatable bonds is 4. The summed E-state index contributed by atoms with van der Waals surface area (Å²) in [7, 11) is 0.